The Kier molecular flexibility index (Phi) is 4.47. The van der Waals surface area contributed by atoms with Crippen LogP contribution in [0.1, 0.15) is 16.8 Å². The van der Waals surface area contributed by atoms with Crippen molar-refractivity contribution in [1.29, 1.82) is 5.26 Å². The number of nitriles is 1. The standard InChI is InChI=1S/C11H14N4O3S/c1-15(6-2-5-12)19(17,18)10-4-3-8(11(14)16)7-9(10)13/h3-4,7H,2,6,13H2,1H3,(H2,14,16). The summed E-state index contributed by atoms with van der Waals surface area (Å²) in [6.45, 7) is 0.0653. The molecule has 0 bridgehead atoms. The minimum Gasteiger partial charge on any atom is -0.398 e. The Morgan fingerprint density at radius 1 is 1.47 bits per heavy atom. The van der Waals surface area contributed by atoms with E-state index in [4.69, 9.17) is 16.7 Å². The summed E-state index contributed by atoms with van der Waals surface area (Å²) >= 11 is 0. The Morgan fingerprint density at radius 3 is 2.58 bits per heavy atom. The van der Waals surface area contributed by atoms with Gasteiger partial charge in [0.2, 0.25) is 15.9 Å². The third-order valence-corrected chi connectivity index (χ3v) is 4.45. The molecule has 1 rings (SSSR count). The van der Waals surface area contributed by atoms with E-state index in [0.717, 1.165) is 4.31 Å². The highest BCUT2D eigenvalue weighted by molar-refractivity contribution is 7.89. The molecule has 8 heteroatoms. The number of amides is 1. The van der Waals surface area contributed by atoms with Crippen LogP contribution in [0.25, 0.3) is 0 Å². The van der Waals surface area contributed by atoms with Crippen LogP contribution < -0.4 is 11.5 Å². The highest BCUT2D eigenvalue weighted by Crippen LogP contribution is 2.22. The van der Waals surface area contributed by atoms with E-state index in [1.54, 1.807) is 0 Å². The molecule has 0 aliphatic heterocycles. The zero-order valence-corrected chi connectivity index (χ0v) is 11.1. The SMILES string of the molecule is CN(CCC#N)S(=O)(=O)c1ccc(C(N)=O)cc1N. The van der Waals surface area contributed by atoms with Crippen molar-refractivity contribution >= 4 is 21.6 Å². The van der Waals surface area contributed by atoms with Crippen LogP contribution >= 0.6 is 0 Å². The molecule has 0 saturated heterocycles. The third kappa shape index (κ3) is 3.21. The number of carbonyl (C=O) groups is 1. The first kappa shape index (κ1) is 14.9. The molecule has 7 nitrogen and oxygen atoms in total. The van der Waals surface area contributed by atoms with Gasteiger partial charge in [0, 0.05) is 25.6 Å². The molecular formula is C11H14N4O3S. The predicted molar refractivity (Wildman–Crippen MR) is 69.4 cm³/mol. The van der Waals surface area contributed by atoms with Crippen molar-refractivity contribution in [1.82, 2.24) is 4.31 Å². The van der Waals surface area contributed by atoms with Crippen LogP contribution in [0.4, 0.5) is 5.69 Å². The molecule has 0 heterocycles. The van der Waals surface area contributed by atoms with Gasteiger partial charge in [-0.2, -0.15) is 9.57 Å². The predicted octanol–water partition coefficient (Wildman–Crippen LogP) is -0.0981. The molecule has 4 N–H and O–H groups in total. The summed E-state index contributed by atoms with van der Waals surface area (Å²) in [5.74, 6) is -0.687. The van der Waals surface area contributed by atoms with Crippen molar-refractivity contribution in [3.63, 3.8) is 0 Å². The molecule has 0 atom stereocenters. The number of anilines is 1. The van der Waals surface area contributed by atoms with Gasteiger partial charge in [0.1, 0.15) is 4.90 Å². The van der Waals surface area contributed by atoms with Gasteiger partial charge in [-0.15, -0.1) is 0 Å². The molecule has 0 spiro atoms. The molecule has 0 aliphatic carbocycles. The van der Waals surface area contributed by atoms with Gasteiger partial charge in [-0.05, 0) is 18.2 Å². The normalized spacial score (nSPS) is 11.2. The molecule has 0 unspecified atom stereocenters. The Bertz CT molecular complexity index is 634. The molecule has 1 amide bonds. The molecule has 0 aliphatic rings. The average molecular weight is 282 g/mol. The number of sulfonamides is 1. The largest absolute Gasteiger partial charge is 0.398 e. The van der Waals surface area contributed by atoms with E-state index < -0.39 is 15.9 Å². The van der Waals surface area contributed by atoms with Gasteiger partial charge in [-0.3, -0.25) is 4.79 Å². The van der Waals surface area contributed by atoms with E-state index in [2.05, 4.69) is 0 Å². The summed E-state index contributed by atoms with van der Waals surface area (Å²) in [6.07, 6.45) is 0.0784. The van der Waals surface area contributed by atoms with Crippen molar-refractivity contribution < 1.29 is 13.2 Å². The molecule has 102 valence electrons. The fourth-order valence-electron chi connectivity index (χ4n) is 1.43. The van der Waals surface area contributed by atoms with E-state index in [9.17, 15) is 13.2 Å². The number of nitrogen functional groups attached to an aromatic ring is 1. The lowest BCUT2D eigenvalue weighted by Gasteiger charge is -2.17. The molecule has 1 aromatic rings. The van der Waals surface area contributed by atoms with Gasteiger partial charge in [0.05, 0.1) is 11.8 Å². The Labute approximate surface area is 111 Å². The molecule has 0 radical (unpaired) electrons. The maximum absolute atomic E-state index is 12.2. The second kappa shape index (κ2) is 5.69. The second-order valence-corrected chi connectivity index (χ2v) is 5.86. The summed E-state index contributed by atoms with van der Waals surface area (Å²) in [7, 11) is -2.42. The van der Waals surface area contributed by atoms with Crippen molar-refractivity contribution in [2.24, 2.45) is 5.73 Å². The first-order chi connectivity index (χ1) is 8.80. The van der Waals surface area contributed by atoms with Crippen LogP contribution in [-0.4, -0.2) is 32.2 Å². The molecule has 0 fully saturated rings. The van der Waals surface area contributed by atoms with E-state index in [0.29, 0.717) is 0 Å². The van der Waals surface area contributed by atoms with E-state index in [1.165, 1.54) is 25.2 Å². The fourth-order valence-corrected chi connectivity index (χ4v) is 2.70. The highest BCUT2D eigenvalue weighted by atomic mass is 32.2. The number of hydrogen-bond donors (Lipinski definition) is 2. The van der Waals surface area contributed by atoms with Crippen molar-refractivity contribution in [2.75, 3.05) is 19.3 Å². The zero-order chi connectivity index (χ0) is 14.6. The number of hydrogen-bond acceptors (Lipinski definition) is 5. The minimum absolute atomic E-state index is 0.0555. The summed E-state index contributed by atoms with van der Waals surface area (Å²) in [5, 5.41) is 8.46. The lowest BCUT2D eigenvalue weighted by molar-refractivity contribution is 0.1000. The second-order valence-electron chi connectivity index (χ2n) is 3.85. The monoisotopic (exact) mass is 282 g/mol. The average Bonchev–Trinajstić information content (AvgIpc) is 2.35. The van der Waals surface area contributed by atoms with Crippen molar-refractivity contribution in [2.45, 2.75) is 11.3 Å². The summed E-state index contributed by atoms with van der Waals surface area (Å²) in [4.78, 5) is 10.8. The van der Waals surface area contributed by atoms with Gasteiger partial charge < -0.3 is 11.5 Å². The van der Waals surface area contributed by atoms with E-state index >= 15 is 0 Å². The van der Waals surface area contributed by atoms with E-state index in [1.807, 2.05) is 6.07 Å². The quantitative estimate of drug-likeness (QED) is 0.728. The van der Waals surface area contributed by atoms with Crippen molar-refractivity contribution in [3.8, 4) is 6.07 Å². The van der Waals surface area contributed by atoms with Gasteiger partial charge in [0.25, 0.3) is 0 Å². The maximum Gasteiger partial charge on any atom is 0.248 e. The summed E-state index contributed by atoms with van der Waals surface area (Å²) in [5.41, 5.74) is 10.8. The molecule has 19 heavy (non-hydrogen) atoms. The number of nitrogens with two attached hydrogens (primary N) is 2. The van der Waals surface area contributed by atoms with Crippen LogP contribution in [-0.2, 0) is 10.0 Å². The van der Waals surface area contributed by atoms with Gasteiger partial charge >= 0.3 is 0 Å². The first-order valence-corrected chi connectivity index (χ1v) is 6.77. The summed E-state index contributed by atoms with van der Waals surface area (Å²) in [6, 6.07) is 5.60. The number of primary amides is 1. The van der Waals surface area contributed by atoms with Crippen LogP contribution in [0.3, 0.4) is 0 Å². The van der Waals surface area contributed by atoms with Crippen LogP contribution in [0.2, 0.25) is 0 Å². The smallest absolute Gasteiger partial charge is 0.248 e. The highest BCUT2D eigenvalue weighted by Gasteiger charge is 2.23. The first-order valence-electron chi connectivity index (χ1n) is 5.33. The Hall–Kier alpha value is -2.11. The topological polar surface area (TPSA) is 130 Å². The van der Waals surface area contributed by atoms with Gasteiger partial charge in [-0.1, -0.05) is 0 Å². The van der Waals surface area contributed by atoms with Crippen LogP contribution in [0.15, 0.2) is 23.1 Å². The van der Waals surface area contributed by atoms with Crippen molar-refractivity contribution in [3.05, 3.63) is 23.8 Å². The number of rotatable bonds is 5. The molecule has 0 saturated carbocycles. The Morgan fingerprint density at radius 2 is 2.11 bits per heavy atom. The van der Waals surface area contributed by atoms with Gasteiger partial charge in [0.15, 0.2) is 0 Å². The number of carbonyl (C=O) groups excluding carboxylic acids is 1. The zero-order valence-electron chi connectivity index (χ0n) is 10.3. The summed E-state index contributed by atoms with van der Waals surface area (Å²) < 4.78 is 25.4. The lowest BCUT2D eigenvalue weighted by Crippen LogP contribution is -2.28. The number of nitrogens with zero attached hydrogens (tertiary/aromatic N) is 2. The maximum atomic E-state index is 12.2. The van der Waals surface area contributed by atoms with E-state index in [-0.39, 0.29) is 29.1 Å². The molecular weight excluding hydrogens is 268 g/mol. The minimum atomic E-state index is -3.78. The molecule has 1 aromatic carbocycles. The molecule has 0 aromatic heterocycles. The lowest BCUT2D eigenvalue weighted by atomic mass is 10.2. The number of benzene rings is 1. The Balaban J connectivity index is 3.16. The van der Waals surface area contributed by atoms with Crippen LogP contribution in [0.5, 0.6) is 0 Å². The van der Waals surface area contributed by atoms with Gasteiger partial charge in [-0.25, -0.2) is 8.42 Å². The fraction of sp³-hybridized carbons (Fsp3) is 0.273. The third-order valence-electron chi connectivity index (χ3n) is 2.52. The van der Waals surface area contributed by atoms with Crippen LogP contribution in [0, 0.1) is 11.3 Å².